The first kappa shape index (κ1) is 129. The Morgan fingerprint density at radius 2 is 0.393 bits per heavy atom. The van der Waals surface area contributed by atoms with E-state index < -0.39 is 91.5 Å². The van der Waals surface area contributed by atoms with Gasteiger partial charge in [0.25, 0.3) is 0 Å². The number of aliphatic hydroxyl groups is 2. The average molecular weight is 1920 g/mol. The summed E-state index contributed by atoms with van der Waals surface area (Å²) in [4.78, 5) is 59.3. The smallest absolute Gasteiger partial charge is 0.463 e. The van der Waals surface area contributed by atoms with E-state index >= 15 is 0 Å². The van der Waals surface area contributed by atoms with Crippen LogP contribution in [0.5, 0.6) is 0 Å². The fourth-order valence-electron chi connectivity index (χ4n) is 15.1. The molecule has 0 spiro atoms. The summed E-state index contributed by atoms with van der Waals surface area (Å²) in [7, 11) is -9.83. The van der Waals surface area contributed by atoms with Crippen LogP contribution in [-0.2, 0) is 55.8 Å². The van der Waals surface area contributed by atoms with Crippen molar-refractivity contribution in [2.24, 2.45) is 0 Å². The maximum absolute atomic E-state index is 13.2. The van der Waals surface area contributed by atoms with Gasteiger partial charge in [-0.05, 0) is 167 Å². The molecule has 0 aromatic rings. The van der Waals surface area contributed by atoms with Crippen molar-refractivity contribution in [2.45, 2.75) is 489 Å². The van der Waals surface area contributed by atoms with Gasteiger partial charge in [0.1, 0.15) is 25.4 Å². The Hall–Kier alpha value is -5.61. The number of unbranched alkanes of at least 4 members (excludes halogenated alkanes) is 48. The van der Waals surface area contributed by atoms with Crippen molar-refractivity contribution in [1.29, 1.82) is 0 Å². The first-order valence-electron chi connectivity index (χ1n) is 54.7. The quantitative estimate of drug-likeness (QED) is 0.0146. The number of aliphatic hydroxyl groups excluding tert-OH is 2. The summed E-state index contributed by atoms with van der Waals surface area (Å²) in [5.74, 6) is -1.56. The first-order chi connectivity index (χ1) is 66.2. The van der Waals surface area contributed by atoms with Gasteiger partial charge in [-0.15, -0.1) is 0 Å². The number of phosphoric acid groups is 2. The summed E-state index contributed by atoms with van der Waals surface area (Å²) in [5.41, 5.74) is 0. The number of rotatable bonds is 103. The SMILES string of the molecule is CC/C=C\C/C=C\C/C=C\C/C=C\C/C=C\C/C=C\CCCCCCCCCCCCCCCCCCC(=O)OCC(O)COP(=O)(O)OCC(O)COP(=O)(O)OCC(COC(=O)CCCCCCCCCCCCCCCCCCCCC/C=C\C/C=C\C/C=C\C/C=C\CCCCC)OC(=O)CCCCCCCCCCCC/C=C\C/C=C\C/C=C\C/C=C\C/C=C\C/C=C\CC. The third-order valence-corrected chi connectivity index (χ3v) is 25.2. The van der Waals surface area contributed by atoms with Crippen LogP contribution in [0.1, 0.15) is 470 Å². The highest BCUT2D eigenvalue weighted by Gasteiger charge is 2.30. The number of allylic oxidation sites excluding steroid dienone is 32. The lowest BCUT2D eigenvalue weighted by Gasteiger charge is -2.21. The average Bonchev–Trinajstić information content (AvgIpc) is 0.895. The van der Waals surface area contributed by atoms with Crippen molar-refractivity contribution in [3.8, 4) is 0 Å². The van der Waals surface area contributed by atoms with Gasteiger partial charge < -0.3 is 34.2 Å². The Balaban J connectivity index is 4.60. The summed E-state index contributed by atoms with van der Waals surface area (Å²) in [6.45, 7) is 2.50. The number of ether oxygens (including phenoxy) is 3. The molecule has 0 amide bonds. The fourth-order valence-corrected chi connectivity index (χ4v) is 16.7. The minimum atomic E-state index is -4.95. The van der Waals surface area contributed by atoms with E-state index in [1.54, 1.807) is 0 Å². The topological polar surface area (TPSA) is 231 Å². The third kappa shape index (κ3) is 109. The molecule has 0 fully saturated rings. The van der Waals surface area contributed by atoms with Crippen molar-refractivity contribution in [3.05, 3.63) is 194 Å². The molecular weight excluding hydrogens is 1720 g/mol. The van der Waals surface area contributed by atoms with Crippen LogP contribution in [0.25, 0.3) is 0 Å². The lowest BCUT2D eigenvalue weighted by molar-refractivity contribution is -0.161. The third-order valence-electron chi connectivity index (χ3n) is 23.3. The maximum Gasteiger partial charge on any atom is 0.472 e. The summed E-state index contributed by atoms with van der Waals surface area (Å²) >= 11 is 0. The van der Waals surface area contributed by atoms with Crippen LogP contribution in [0.15, 0.2) is 194 Å². The predicted molar refractivity (Wildman–Crippen MR) is 574 cm³/mol. The molecular formula is C117H200O16P2. The van der Waals surface area contributed by atoms with Gasteiger partial charge in [-0.25, -0.2) is 9.13 Å². The Morgan fingerprint density at radius 1 is 0.215 bits per heavy atom. The number of hydrogen-bond donors (Lipinski definition) is 4. The van der Waals surface area contributed by atoms with Gasteiger partial charge in [-0.2, -0.15) is 0 Å². The highest BCUT2D eigenvalue weighted by molar-refractivity contribution is 7.47. The Labute approximate surface area is 827 Å². The molecule has 135 heavy (non-hydrogen) atoms. The Kier molecular flexibility index (Phi) is 103. The lowest BCUT2D eigenvalue weighted by Crippen LogP contribution is -2.30. The minimum absolute atomic E-state index is 0.0958. The number of esters is 3. The van der Waals surface area contributed by atoms with Gasteiger partial charge in [-0.3, -0.25) is 32.5 Å². The van der Waals surface area contributed by atoms with E-state index in [9.17, 15) is 43.5 Å². The minimum Gasteiger partial charge on any atom is -0.463 e. The lowest BCUT2D eigenvalue weighted by atomic mass is 10.0. The number of phosphoric ester groups is 2. The molecule has 0 bridgehead atoms. The molecule has 0 rings (SSSR count). The first-order valence-corrected chi connectivity index (χ1v) is 57.7. The summed E-state index contributed by atoms with van der Waals surface area (Å²) < 4.78 is 61.8. The molecule has 0 heterocycles. The molecule has 0 aliphatic heterocycles. The summed E-state index contributed by atoms with van der Waals surface area (Å²) in [6.07, 6.45) is 145. The molecule has 0 saturated carbocycles. The number of hydrogen-bond acceptors (Lipinski definition) is 14. The zero-order chi connectivity index (χ0) is 97.8. The molecule has 0 radical (unpaired) electrons. The predicted octanol–water partition coefficient (Wildman–Crippen LogP) is 35.2. The van der Waals surface area contributed by atoms with Gasteiger partial charge >= 0.3 is 33.6 Å². The number of carbonyl (C=O) groups is 3. The molecule has 4 N–H and O–H groups in total. The zero-order valence-electron chi connectivity index (χ0n) is 86.0. The molecule has 5 atom stereocenters. The molecule has 0 aromatic heterocycles. The van der Waals surface area contributed by atoms with Crippen molar-refractivity contribution < 1.29 is 75.8 Å². The highest BCUT2D eigenvalue weighted by Crippen LogP contribution is 2.45. The van der Waals surface area contributed by atoms with E-state index in [1.807, 2.05) is 0 Å². The summed E-state index contributed by atoms with van der Waals surface area (Å²) in [6, 6.07) is 0. The second-order valence-corrected chi connectivity index (χ2v) is 39.3. The maximum atomic E-state index is 13.2. The standard InChI is InChI=1S/C117H200O16P2/c1-4-7-10-13-16-19-22-25-28-31-34-37-40-43-46-49-51-53-55-57-59-62-64-67-70-73-76-79-82-85-88-91-94-97-100-103-115(120)127-106-112(118)107-129-134(123,124)130-108-113(119)109-131-135(125,126)132-111-114(133-117(122)105-102-99-96-93-90-87-84-81-78-75-72-69-66-61-48-45-42-39-36-33-30-27-24-21-18-15-12-9-6-3)110-128-116(121)104-101-98-95-92-89-86-83-80-77-74-71-68-65-63-60-58-56-54-52-50-47-44-41-38-35-32-29-26-23-20-17-14-11-8-5-2/h7,9-10,12,16-21,25-30,34-39,43-48,51,53,66,69,112-114,118-119H,4-6,8,11,13-15,22-24,31-33,40-42,49-50,52,54-65,67-68,70-111H2,1-3H3,(H,123,124)(H,125,126)/b10-7-,12-9-,19-16-,20-17-,21-18-,28-25-,29-26-,30-27-,37-34-,38-35-,39-36-,46-43-,47-44-,48-45-,53-51-,69-66-. The van der Waals surface area contributed by atoms with Crippen LogP contribution in [0, 0.1) is 0 Å². The zero-order valence-corrected chi connectivity index (χ0v) is 87.8. The van der Waals surface area contributed by atoms with E-state index in [1.165, 1.54) is 244 Å². The van der Waals surface area contributed by atoms with Crippen LogP contribution >= 0.6 is 15.6 Å². The van der Waals surface area contributed by atoms with Gasteiger partial charge in [-0.1, -0.05) is 478 Å². The largest absolute Gasteiger partial charge is 0.472 e. The molecule has 18 heteroatoms. The fraction of sp³-hybridized carbons (Fsp3) is 0.701. The van der Waals surface area contributed by atoms with E-state index in [4.69, 9.17) is 32.3 Å². The second-order valence-electron chi connectivity index (χ2n) is 36.4. The van der Waals surface area contributed by atoms with E-state index in [0.717, 1.165) is 167 Å². The Morgan fingerprint density at radius 3 is 0.622 bits per heavy atom. The molecule has 5 unspecified atom stereocenters. The Bertz CT molecular complexity index is 3240. The van der Waals surface area contributed by atoms with Gasteiger partial charge in [0, 0.05) is 19.3 Å². The van der Waals surface area contributed by atoms with Gasteiger partial charge in [0.2, 0.25) is 0 Å². The molecule has 16 nitrogen and oxygen atoms in total. The second kappa shape index (κ2) is 107. The number of carbonyl (C=O) groups excluding carboxylic acids is 3. The molecule has 0 aliphatic carbocycles. The van der Waals surface area contributed by atoms with Crippen LogP contribution < -0.4 is 0 Å². The van der Waals surface area contributed by atoms with Crippen LogP contribution in [0.2, 0.25) is 0 Å². The summed E-state index contributed by atoms with van der Waals surface area (Å²) in [5, 5.41) is 20.8. The normalized spacial score (nSPS) is 14.3. The molecule has 0 aliphatic rings. The van der Waals surface area contributed by atoms with Crippen LogP contribution in [0.4, 0.5) is 0 Å². The van der Waals surface area contributed by atoms with Crippen molar-refractivity contribution in [3.63, 3.8) is 0 Å². The monoisotopic (exact) mass is 1920 g/mol. The van der Waals surface area contributed by atoms with Crippen LogP contribution in [0.3, 0.4) is 0 Å². The van der Waals surface area contributed by atoms with Crippen molar-refractivity contribution in [1.82, 2.24) is 0 Å². The van der Waals surface area contributed by atoms with Crippen LogP contribution in [-0.4, -0.2) is 95.9 Å². The highest BCUT2D eigenvalue weighted by atomic mass is 31.2. The molecule has 774 valence electrons. The van der Waals surface area contributed by atoms with Crippen molar-refractivity contribution >= 4 is 33.6 Å². The molecule has 0 saturated heterocycles. The van der Waals surface area contributed by atoms with E-state index in [0.29, 0.717) is 19.3 Å². The van der Waals surface area contributed by atoms with E-state index in [-0.39, 0.29) is 19.3 Å². The molecule has 0 aromatic carbocycles. The van der Waals surface area contributed by atoms with Gasteiger partial charge in [0.15, 0.2) is 6.10 Å². The van der Waals surface area contributed by atoms with E-state index in [2.05, 4.69) is 215 Å². The van der Waals surface area contributed by atoms with Gasteiger partial charge in [0.05, 0.1) is 26.4 Å². The van der Waals surface area contributed by atoms with Crippen molar-refractivity contribution in [2.75, 3.05) is 39.6 Å².